The van der Waals surface area contributed by atoms with E-state index in [-0.39, 0.29) is 11.8 Å². The van der Waals surface area contributed by atoms with E-state index in [1.807, 2.05) is 40.1 Å². The average Bonchev–Trinajstić information content (AvgIpc) is 3.35. The molecule has 2 amide bonds. The van der Waals surface area contributed by atoms with E-state index in [9.17, 15) is 9.59 Å². The quantitative estimate of drug-likeness (QED) is 0.916. The maximum Gasteiger partial charge on any atom is 0.270 e. The Hall–Kier alpha value is -2.30. The van der Waals surface area contributed by atoms with Gasteiger partial charge < -0.3 is 14.8 Å². The fourth-order valence-electron chi connectivity index (χ4n) is 4.30. The molecule has 5 heteroatoms. The first-order valence-electron chi connectivity index (χ1n) is 9.85. The van der Waals surface area contributed by atoms with Crippen molar-refractivity contribution in [3.8, 4) is 0 Å². The molecule has 0 bridgehead atoms. The average molecular weight is 353 g/mol. The maximum atomic E-state index is 12.7. The number of amides is 2. The monoisotopic (exact) mass is 353 g/mol. The number of benzene rings is 1. The van der Waals surface area contributed by atoms with Crippen LogP contribution in [0.3, 0.4) is 0 Å². The molecule has 138 valence electrons. The molecule has 0 unspecified atom stereocenters. The molecule has 2 fully saturated rings. The van der Waals surface area contributed by atoms with E-state index in [2.05, 4.69) is 4.98 Å². The van der Waals surface area contributed by atoms with E-state index in [0.29, 0.717) is 38.3 Å². The van der Waals surface area contributed by atoms with Crippen molar-refractivity contribution in [3.05, 3.63) is 36.0 Å². The third kappa shape index (κ3) is 3.62. The number of carbonyl (C=O) groups excluding carboxylic acids is 2. The van der Waals surface area contributed by atoms with Gasteiger partial charge in [-0.15, -0.1) is 0 Å². The lowest BCUT2D eigenvalue weighted by molar-refractivity contribution is -0.133. The van der Waals surface area contributed by atoms with Crippen LogP contribution in [0.4, 0.5) is 0 Å². The fourth-order valence-corrected chi connectivity index (χ4v) is 4.30. The Kier molecular flexibility index (Phi) is 4.96. The third-order valence-electron chi connectivity index (χ3n) is 5.92. The topological polar surface area (TPSA) is 56.4 Å². The van der Waals surface area contributed by atoms with Crippen LogP contribution in [0.5, 0.6) is 0 Å². The summed E-state index contributed by atoms with van der Waals surface area (Å²) >= 11 is 0. The Bertz CT molecular complexity index is 750. The van der Waals surface area contributed by atoms with Gasteiger partial charge in [-0.2, -0.15) is 0 Å². The van der Waals surface area contributed by atoms with Crippen molar-refractivity contribution in [1.29, 1.82) is 0 Å². The summed E-state index contributed by atoms with van der Waals surface area (Å²) in [7, 11) is 0. The van der Waals surface area contributed by atoms with Crippen LogP contribution in [-0.2, 0) is 4.79 Å². The van der Waals surface area contributed by atoms with E-state index in [0.717, 1.165) is 23.2 Å². The zero-order valence-corrected chi connectivity index (χ0v) is 15.2. The van der Waals surface area contributed by atoms with Crippen LogP contribution in [-0.4, -0.2) is 52.8 Å². The molecule has 0 spiro atoms. The van der Waals surface area contributed by atoms with E-state index in [4.69, 9.17) is 0 Å². The highest BCUT2D eigenvalue weighted by molar-refractivity contribution is 5.98. The first-order valence-corrected chi connectivity index (χ1v) is 9.85. The van der Waals surface area contributed by atoms with Gasteiger partial charge in [-0.05, 0) is 24.5 Å². The minimum absolute atomic E-state index is 0.0271. The molecule has 1 aliphatic carbocycles. The largest absolute Gasteiger partial charge is 0.351 e. The molecule has 1 saturated carbocycles. The summed E-state index contributed by atoms with van der Waals surface area (Å²) in [6.45, 7) is 2.53. The zero-order chi connectivity index (χ0) is 17.9. The molecule has 1 N–H and O–H groups in total. The lowest BCUT2D eigenvalue weighted by Gasteiger charge is -2.34. The molecule has 26 heavy (non-hydrogen) atoms. The number of nitrogens with one attached hydrogen (secondary N) is 1. The predicted octanol–water partition coefficient (Wildman–Crippen LogP) is 3.42. The van der Waals surface area contributed by atoms with Crippen LogP contribution < -0.4 is 0 Å². The number of hydrogen-bond donors (Lipinski definition) is 1. The molecule has 2 aromatic rings. The highest BCUT2D eigenvalue weighted by Gasteiger charge is 2.26. The van der Waals surface area contributed by atoms with E-state index in [1.165, 1.54) is 25.7 Å². The summed E-state index contributed by atoms with van der Waals surface area (Å²) in [5.74, 6) is 1.04. The van der Waals surface area contributed by atoms with Crippen LogP contribution in [0.1, 0.15) is 49.0 Å². The highest BCUT2D eigenvalue weighted by atomic mass is 16.2. The van der Waals surface area contributed by atoms with Crippen molar-refractivity contribution in [2.45, 2.75) is 38.5 Å². The number of carbonyl (C=O) groups is 2. The van der Waals surface area contributed by atoms with Gasteiger partial charge in [0.15, 0.2) is 0 Å². The van der Waals surface area contributed by atoms with Gasteiger partial charge in [-0.1, -0.05) is 43.9 Å². The van der Waals surface area contributed by atoms with Crippen molar-refractivity contribution in [2.75, 3.05) is 26.2 Å². The minimum atomic E-state index is 0.0271. The Morgan fingerprint density at radius 1 is 1.00 bits per heavy atom. The van der Waals surface area contributed by atoms with Gasteiger partial charge >= 0.3 is 0 Å². The molecule has 1 aromatic carbocycles. The number of aromatic nitrogens is 1. The van der Waals surface area contributed by atoms with Crippen LogP contribution in [0, 0.1) is 5.92 Å². The van der Waals surface area contributed by atoms with E-state index >= 15 is 0 Å². The lowest BCUT2D eigenvalue weighted by Crippen LogP contribution is -2.50. The second-order valence-electron chi connectivity index (χ2n) is 7.63. The summed E-state index contributed by atoms with van der Waals surface area (Å²) in [4.78, 5) is 32.2. The maximum absolute atomic E-state index is 12.7. The van der Waals surface area contributed by atoms with Gasteiger partial charge in [0, 0.05) is 43.5 Å². The molecule has 2 heterocycles. The van der Waals surface area contributed by atoms with Crippen LogP contribution >= 0.6 is 0 Å². The van der Waals surface area contributed by atoms with Crippen molar-refractivity contribution < 1.29 is 9.59 Å². The van der Waals surface area contributed by atoms with Crippen molar-refractivity contribution in [1.82, 2.24) is 14.8 Å². The summed E-state index contributed by atoms with van der Waals surface area (Å²) in [6, 6.07) is 9.83. The number of rotatable bonds is 4. The second-order valence-corrected chi connectivity index (χ2v) is 7.63. The standard InChI is InChI=1S/C21H27N3O2/c25-20(10-9-16-5-1-2-6-16)23-11-13-24(14-12-23)21(26)19-15-17-7-3-4-8-18(17)22-19/h3-4,7-8,15-16,22H,1-2,5-6,9-14H2. The molecule has 5 nitrogen and oxygen atoms in total. The summed E-state index contributed by atoms with van der Waals surface area (Å²) < 4.78 is 0. The van der Waals surface area contributed by atoms with Crippen LogP contribution in [0.25, 0.3) is 10.9 Å². The SMILES string of the molecule is O=C(CCC1CCCC1)N1CCN(C(=O)c2cc3ccccc3[nH]2)CC1. The van der Waals surface area contributed by atoms with Gasteiger partial charge in [-0.3, -0.25) is 9.59 Å². The summed E-state index contributed by atoms with van der Waals surface area (Å²) in [6.07, 6.45) is 6.94. The molecule has 1 aliphatic heterocycles. The Balaban J connectivity index is 1.29. The van der Waals surface area contributed by atoms with Gasteiger partial charge in [-0.25, -0.2) is 0 Å². The molecule has 1 saturated heterocycles. The first kappa shape index (κ1) is 17.1. The number of hydrogen-bond acceptors (Lipinski definition) is 2. The van der Waals surface area contributed by atoms with Crippen molar-refractivity contribution in [3.63, 3.8) is 0 Å². The number of nitrogens with zero attached hydrogens (tertiary/aromatic N) is 2. The Morgan fingerprint density at radius 3 is 2.42 bits per heavy atom. The second kappa shape index (κ2) is 7.52. The molecule has 2 aliphatic rings. The van der Waals surface area contributed by atoms with Gasteiger partial charge in [0.05, 0.1) is 0 Å². The molecular formula is C21H27N3O2. The zero-order valence-electron chi connectivity index (χ0n) is 15.2. The number of H-pyrrole nitrogens is 1. The normalized spacial score (nSPS) is 18.6. The number of fused-ring (bicyclic) bond motifs is 1. The fraction of sp³-hybridized carbons (Fsp3) is 0.524. The third-order valence-corrected chi connectivity index (χ3v) is 5.92. The molecule has 4 rings (SSSR count). The first-order chi connectivity index (χ1) is 12.7. The smallest absolute Gasteiger partial charge is 0.270 e. The van der Waals surface area contributed by atoms with Gasteiger partial charge in [0.1, 0.15) is 5.69 Å². The number of piperazine rings is 1. The van der Waals surface area contributed by atoms with E-state index < -0.39 is 0 Å². The molecular weight excluding hydrogens is 326 g/mol. The summed E-state index contributed by atoms with van der Waals surface area (Å²) in [5, 5.41) is 1.05. The molecule has 0 atom stereocenters. The van der Waals surface area contributed by atoms with Crippen LogP contribution in [0.15, 0.2) is 30.3 Å². The van der Waals surface area contributed by atoms with Gasteiger partial charge in [0.25, 0.3) is 5.91 Å². The Morgan fingerprint density at radius 2 is 1.69 bits per heavy atom. The lowest BCUT2D eigenvalue weighted by atomic mass is 10.0. The number of aromatic amines is 1. The van der Waals surface area contributed by atoms with Crippen molar-refractivity contribution in [2.24, 2.45) is 5.92 Å². The minimum Gasteiger partial charge on any atom is -0.351 e. The van der Waals surface area contributed by atoms with E-state index in [1.54, 1.807) is 0 Å². The van der Waals surface area contributed by atoms with Crippen LogP contribution in [0.2, 0.25) is 0 Å². The van der Waals surface area contributed by atoms with Gasteiger partial charge in [0.2, 0.25) is 5.91 Å². The predicted molar refractivity (Wildman–Crippen MR) is 102 cm³/mol. The number of para-hydroxylation sites is 1. The van der Waals surface area contributed by atoms with Crippen molar-refractivity contribution >= 4 is 22.7 Å². The highest BCUT2D eigenvalue weighted by Crippen LogP contribution is 2.28. The Labute approximate surface area is 154 Å². The molecule has 0 radical (unpaired) electrons. The summed E-state index contributed by atoms with van der Waals surface area (Å²) in [5.41, 5.74) is 1.61. The molecule has 1 aromatic heterocycles.